The third-order valence-corrected chi connectivity index (χ3v) is 9.42. The fourth-order valence-electron chi connectivity index (χ4n) is 7.19. The fourth-order valence-corrected chi connectivity index (χ4v) is 7.19. The maximum Gasteiger partial charge on any atom is 0.408 e. The molecule has 4 amide bonds. The molecule has 0 radical (unpaired) electrons. The van der Waals surface area contributed by atoms with Crippen LogP contribution in [0.4, 0.5) is 4.79 Å². The summed E-state index contributed by atoms with van der Waals surface area (Å²) in [7, 11) is 1.19. The Labute approximate surface area is 290 Å². The summed E-state index contributed by atoms with van der Waals surface area (Å²) in [4.78, 5) is 80.9. The number of ether oxygens (including phenoxy) is 4. The lowest BCUT2D eigenvalue weighted by molar-refractivity contribution is -0.158. The largest absolute Gasteiger partial charge is 0.468 e. The number of hydrogen-bond donors (Lipinski definition) is 3. The Bertz CT molecular complexity index is 1200. The molecule has 3 aliphatic rings. The number of rotatable bonds is 6. The van der Waals surface area contributed by atoms with Crippen molar-refractivity contribution >= 4 is 35.8 Å². The third-order valence-electron chi connectivity index (χ3n) is 9.42. The van der Waals surface area contributed by atoms with Crippen LogP contribution < -0.4 is 16.0 Å². The van der Waals surface area contributed by atoms with Crippen LogP contribution >= 0.6 is 0 Å². The Morgan fingerprint density at radius 2 is 1.63 bits per heavy atom. The molecule has 3 heterocycles. The van der Waals surface area contributed by atoms with Gasteiger partial charge in [0.2, 0.25) is 11.8 Å². The molecule has 14 heteroatoms. The molecule has 3 saturated heterocycles. The monoisotopic (exact) mass is 694 g/mol. The van der Waals surface area contributed by atoms with Gasteiger partial charge in [-0.05, 0) is 59.8 Å². The molecular weight excluding hydrogens is 636 g/mol. The molecule has 1 unspecified atom stereocenters. The number of nitrogens with zero attached hydrogens (tertiary/aromatic N) is 1. The van der Waals surface area contributed by atoms with Crippen molar-refractivity contribution in [1.82, 2.24) is 20.9 Å². The Morgan fingerprint density at radius 3 is 2.22 bits per heavy atom. The van der Waals surface area contributed by atoms with Crippen LogP contribution in [0.15, 0.2) is 0 Å². The predicted octanol–water partition coefficient (Wildman–Crippen LogP) is 3.14. The number of esters is 2. The number of carbonyl (C=O) groups is 6. The first kappa shape index (κ1) is 40.0. The number of hydrogen-bond acceptors (Lipinski definition) is 10. The van der Waals surface area contributed by atoms with E-state index in [1.54, 1.807) is 20.8 Å². The van der Waals surface area contributed by atoms with Crippen LogP contribution in [-0.2, 0) is 42.9 Å². The molecular formula is C35H58N4O10. The molecule has 0 aliphatic carbocycles. The number of alkyl carbamates (subject to hydrolysis) is 1. The second-order valence-electron chi connectivity index (χ2n) is 15.3. The standard InChI is InChI=1S/C35H58N4O10/c1-21-16-14-12-10-9-11-13-15-17-24(37-33(45)49-34(3,4)5)32(44)39-20-25-23(18-35(6,7)48-25)28(39)30(42)38-27(21)29(47-22(2)40)31(43)36-19-26(41)46-8/h21,23-25,27-29H,9-20H2,1-8H3,(H,36,43)(H,37,45)(H,38,42)/t21-,23-,24-,25-,27-,28-,29?/m0/s1. The van der Waals surface area contributed by atoms with Crippen molar-refractivity contribution in [3.8, 4) is 0 Å². The van der Waals surface area contributed by atoms with Gasteiger partial charge in [-0.2, -0.15) is 0 Å². The van der Waals surface area contributed by atoms with E-state index >= 15 is 0 Å². The van der Waals surface area contributed by atoms with Crippen molar-refractivity contribution in [1.29, 1.82) is 0 Å². The summed E-state index contributed by atoms with van der Waals surface area (Å²) in [5.41, 5.74) is -1.31. The molecule has 0 aromatic rings. The second-order valence-corrected chi connectivity index (χ2v) is 15.3. The van der Waals surface area contributed by atoms with Crippen molar-refractivity contribution in [2.75, 3.05) is 20.2 Å². The molecule has 3 aliphatic heterocycles. The smallest absolute Gasteiger partial charge is 0.408 e. The summed E-state index contributed by atoms with van der Waals surface area (Å²) in [6, 6.07) is -2.89. The number of methoxy groups -OCH3 is 1. The van der Waals surface area contributed by atoms with Crippen LogP contribution in [0.3, 0.4) is 0 Å². The lowest BCUT2D eigenvalue weighted by Gasteiger charge is -2.35. The first-order chi connectivity index (χ1) is 22.9. The van der Waals surface area contributed by atoms with Crippen molar-refractivity contribution in [2.24, 2.45) is 11.8 Å². The SMILES string of the molecule is COC(=O)CNC(=O)C(OC(C)=O)[C@H]1NC(=O)[C@@H]2[C@H]3CC(C)(C)O[C@H]3CN2C(=O)[C@@H](NC(=O)OC(C)(C)C)CCCCCCCCC[C@@H]1C. The van der Waals surface area contributed by atoms with Crippen LogP contribution in [0, 0.1) is 11.8 Å². The summed E-state index contributed by atoms with van der Waals surface area (Å²) < 4.78 is 22.0. The third kappa shape index (κ3) is 11.9. The van der Waals surface area contributed by atoms with E-state index < -0.39 is 83.8 Å². The van der Waals surface area contributed by atoms with Crippen LogP contribution in [0.5, 0.6) is 0 Å². The average molecular weight is 695 g/mol. The molecule has 49 heavy (non-hydrogen) atoms. The van der Waals surface area contributed by atoms with E-state index in [1.165, 1.54) is 18.9 Å². The van der Waals surface area contributed by atoms with Gasteiger partial charge in [0, 0.05) is 19.4 Å². The van der Waals surface area contributed by atoms with Crippen LogP contribution in [-0.4, -0.2) is 102 Å². The van der Waals surface area contributed by atoms with Gasteiger partial charge in [0.25, 0.3) is 5.91 Å². The summed E-state index contributed by atoms with van der Waals surface area (Å²) in [5, 5.41) is 8.25. The Kier molecular flexibility index (Phi) is 14.3. The summed E-state index contributed by atoms with van der Waals surface area (Å²) in [6.45, 7) is 11.9. The summed E-state index contributed by atoms with van der Waals surface area (Å²) >= 11 is 0. The van der Waals surface area contributed by atoms with Gasteiger partial charge < -0.3 is 39.8 Å². The Morgan fingerprint density at radius 1 is 1.02 bits per heavy atom. The first-order valence-corrected chi connectivity index (χ1v) is 17.7. The maximum atomic E-state index is 14.5. The minimum atomic E-state index is -1.46. The second kappa shape index (κ2) is 17.5. The van der Waals surface area contributed by atoms with Crippen molar-refractivity contribution in [3.63, 3.8) is 0 Å². The first-order valence-electron chi connectivity index (χ1n) is 17.7. The molecule has 14 nitrogen and oxygen atoms in total. The van der Waals surface area contributed by atoms with E-state index in [2.05, 4.69) is 20.7 Å². The summed E-state index contributed by atoms with van der Waals surface area (Å²) in [5.74, 6) is -3.80. The van der Waals surface area contributed by atoms with Crippen molar-refractivity contribution in [2.45, 2.75) is 154 Å². The zero-order valence-electron chi connectivity index (χ0n) is 30.6. The van der Waals surface area contributed by atoms with Gasteiger partial charge in [-0.1, -0.05) is 51.9 Å². The van der Waals surface area contributed by atoms with Gasteiger partial charge in [0.05, 0.1) is 24.9 Å². The maximum absolute atomic E-state index is 14.5. The molecule has 0 bridgehead atoms. The zero-order valence-corrected chi connectivity index (χ0v) is 30.6. The molecule has 7 atom stereocenters. The average Bonchev–Trinajstić information content (AvgIpc) is 3.49. The molecule has 3 N–H and O–H groups in total. The minimum Gasteiger partial charge on any atom is -0.468 e. The van der Waals surface area contributed by atoms with Gasteiger partial charge in [-0.15, -0.1) is 0 Å². The minimum absolute atomic E-state index is 0.144. The van der Waals surface area contributed by atoms with E-state index in [9.17, 15) is 28.8 Å². The Balaban J connectivity index is 2.02. The van der Waals surface area contributed by atoms with E-state index in [0.717, 1.165) is 38.5 Å². The fraction of sp³-hybridized carbons (Fsp3) is 0.829. The van der Waals surface area contributed by atoms with Crippen molar-refractivity contribution in [3.05, 3.63) is 0 Å². The lowest BCUT2D eigenvalue weighted by atomic mass is 9.87. The number of fused-ring (bicyclic) bond motifs is 3. The van der Waals surface area contributed by atoms with Crippen LogP contribution in [0.1, 0.15) is 113 Å². The van der Waals surface area contributed by atoms with Crippen LogP contribution in [0.25, 0.3) is 0 Å². The number of nitrogens with one attached hydrogen (secondary N) is 3. The molecule has 0 saturated carbocycles. The quantitative estimate of drug-likeness (QED) is 0.276. The highest BCUT2D eigenvalue weighted by Gasteiger charge is 2.56. The normalized spacial score (nSPS) is 28.9. The van der Waals surface area contributed by atoms with Gasteiger partial charge in [-0.3, -0.25) is 24.0 Å². The van der Waals surface area contributed by atoms with Gasteiger partial charge in [0.15, 0.2) is 6.10 Å². The van der Waals surface area contributed by atoms with Gasteiger partial charge in [-0.25, -0.2) is 4.79 Å². The molecule has 0 aromatic heterocycles. The highest BCUT2D eigenvalue weighted by molar-refractivity contribution is 5.93. The molecule has 0 aromatic carbocycles. The van der Waals surface area contributed by atoms with Gasteiger partial charge >= 0.3 is 18.0 Å². The van der Waals surface area contributed by atoms with E-state index in [-0.39, 0.29) is 18.4 Å². The Hall–Kier alpha value is -3.42. The zero-order chi connectivity index (χ0) is 36.5. The van der Waals surface area contributed by atoms with E-state index in [1.807, 2.05) is 20.8 Å². The van der Waals surface area contributed by atoms with Gasteiger partial charge in [0.1, 0.15) is 24.2 Å². The molecule has 3 rings (SSSR count). The van der Waals surface area contributed by atoms with Crippen molar-refractivity contribution < 1.29 is 47.7 Å². The highest BCUT2D eigenvalue weighted by atomic mass is 16.6. The summed E-state index contributed by atoms with van der Waals surface area (Å²) in [6.07, 6.45) is 5.22. The van der Waals surface area contributed by atoms with Crippen LogP contribution in [0.2, 0.25) is 0 Å². The predicted molar refractivity (Wildman–Crippen MR) is 179 cm³/mol. The topological polar surface area (TPSA) is 179 Å². The molecule has 3 fully saturated rings. The number of carbonyl (C=O) groups excluding carboxylic acids is 6. The highest BCUT2D eigenvalue weighted by Crippen LogP contribution is 2.43. The molecule has 0 spiro atoms. The van der Waals surface area contributed by atoms with E-state index in [4.69, 9.17) is 14.2 Å². The number of amides is 4. The van der Waals surface area contributed by atoms with E-state index in [0.29, 0.717) is 25.7 Å². The lowest BCUT2D eigenvalue weighted by Crippen LogP contribution is -2.60. The molecule has 278 valence electrons.